The summed E-state index contributed by atoms with van der Waals surface area (Å²) in [4.78, 5) is 10.4. The summed E-state index contributed by atoms with van der Waals surface area (Å²) in [5.41, 5.74) is 0. The van der Waals surface area contributed by atoms with Crippen molar-refractivity contribution in [2.75, 3.05) is 5.75 Å². The summed E-state index contributed by atoms with van der Waals surface area (Å²) >= 11 is 3.92. The van der Waals surface area contributed by atoms with E-state index in [-0.39, 0.29) is 6.10 Å². The first-order valence-corrected chi connectivity index (χ1v) is 3.28. The number of hydrogen-bond acceptors (Lipinski definition) is 3. The zero-order valence-corrected chi connectivity index (χ0v) is 6.23. The third-order valence-corrected chi connectivity index (χ3v) is 1.26. The molecule has 0 aliphatic carbocycles. The largest absolute Gasteiger partial charge is 0.459 e. The van der Waals surface area contributed by atoms with Gasteiger partial charge in [-0.2, -0.15) is 12.6 Å². The average molecular weight is 146 g/mol. The number of rotatable bonds is 3. The minimum Gasteiger partial charge on any atom is -0.459 e. The Morgan fingerprint density at radius 3 is 2.89 bits per heavy atom. The van der Waals surface area contributed by atoms with Crippen LogP contribution in [0.15, 0.2) is 12.7 Å². The minimum absolute atomic E-state index is 0.126. The van der Waals surface area contributed by atoms with Crippen LogP contribution in [0.5, 0.6) is 0 Å². The maximum Gasteiger partial charge on any atom is 0.330 e. The van der Waals surface area contributed by atoms with E-state index in [1.165, 1.54) is 0 Å². The molecule has 9 heavy (non-hydrogen) atoms. The van der Waals surface area contributed by atoms with E-state index in [0.717, 1.165) is 6.08 Å². The minimum atomic E-state index is -0.392. The van der Waals surface area contributed by atoms with Gasteiger partial charge in [0.05, 0.1) is 0 Å². The van der Waals surface area contributed by atoms with Crippen molar-refractivity contribution in [3.05, 3.63) is 12.7 Å². The molecule has 0 rings (SSSR count). The maximum atomic E-state index is 10.4. The van der Waals surface area contributed by atoms with Crippen molar-refractivity contribution >= 4 is 18.6 Å². The van der Waals surface area contributed by atoms with Crippen LogP contribution in [0.2, 0.25) is 0 Å². The Kier molecular flexibility index (Phi) is 4.22. The molecule has 0 amide bonds. The number of ether oxygens (including phenoxy) is 1. The highest BCUT2D eigenvalue weighted by Gasteiger charge is 2.01. The molecule has 1 unspecified atom stereocenters. The van der Waals surface area contributed by atoms with Crippen LogP contribution in [0, 0.1) is 0 Å². The summed E-state index contributed by atoms with van der Waals surface area (Å²) in [6, 6.07) is 0. The fraction of sp³-hybridized carbons (Fsp3) is 0.500. The van der Waals surface area contributed by atoms with Crippen LogP contribution in [0.3, 0.4) is 0 Å². The standard InChI is InChI=1S/C6H10O2S/c1-3-6(7)8-5(2)4-9/h3,5,9H,1,4H2,2H3. The van der Waals surface area contributed by atoms with Crippen molar-refractivity contribution in [3.8, 4) is 0 Å². The zero-order chi connectivity index (χ0) is 7.28. The zero-order valence-electron chi connectivity index (χ0n) is 5.33. The first-order chi connectivity index (χ1) is 4.20. The van der Waals surface area contributed by atoms with Gasteiger partial charge in [-0.3, -0.25) is 0 Å². The molecule has 0 heterocycles. The highest BCUT2D eigenvalue weighted by Crippen LogP contribution is 1.93. The van der Waals surface area contributed by atoms with Gasteiger partial charge in [-0.15, -0.1) is 0 Å². The normalized spacial score (nSPS) is 12.2. The predicted molar refractivity (Wildman–Crippen MR) is 39.6 cm³/mol. The predicted octanol–water partition coefficient (Wildman–Crippen LogP) is 1.03. The van der Waals surface area contributed by atoms with Crippen molar-refractivity contribution < 1.29 is 9.53 Å². The van der Waals surface area contributed by atoms with E-state index < -0.39 is 5.97 Å². The van der Waals surface area contributed by atoms with Gasteiger partial charge in [0.15, 0.2) is 0 Å². The van der Waals surface area contributed by atoms with Gasteiger partial charge in [0.2, 0.25) is 0 Å². The van der Waals surface area contributed by atoms with Crippen LogP contribution in [-0.4, -0.2) is 17.8 Å². The lowest BCUT2D eigenvalue weighted by molar-refractivity contribution is -0.141. The summed E-state index contributed by atoms with van der Waals surface area (Å²) in [6.07, 6.45) is 1.01. The van der Waals surface area contributed by atoms with Gasteiger partial charge in [-0.05, 0) is 6.92 Å². The van der Waals surface area contributed by atoms with Crippen LogP contribution >= 0.6 is 12.6 Å². The van der Waals surface area contributed by atoms with Crippen LogP contribution in [0.1, 0.15) is 6.92 Å². The molecule has 52 valence electrons. The lowest BCUT2D eigenvalue weighted by Crippen LogP contribution is -2.13. The molecular formula is C6H10O2S. The second-order valence-corrected chi connectivity index (χ2v) is 2.00. The second kappa shape index (κ2) is 4.44. The SMILES string of the molecule is C=CC(=O)OC(C)CS. The molecule has 0 saturated carbocycles. The molecule has 0 fully saturated rings. The molecule has 0 aromatic heterocycles. The summed E-state index contributed by atoms with van der Waals surface area (Å²) in [5, 5.41) is 0. The molecule has 0 saturated heterocycles. The quantitative estimate of drug-likeness (QED) is 0.366. The number of esters is 1. The highest BCUT2D eigenvalue weighted by atomic mass is 32.1. The Morgan fingerprint density at radius 2 is 2.56 bits per heavy atom. The summed E-state index contributed by atoms with van der Waals surface area (Å²) in [7, 11) is 0. The topological polar surface area (TPSA) is 26.3 Å². The molecule has 0 aliphatic rings. The van der Waals surface area contributed by atoms with Gasteiger partial charge >= 0.3 is 5.97 Å². The highest BCUT2D eigenvalue weighted by molar-refractivity contribution is 7.80. The first-order valence-electron chi connectivity index (χ1n) is 2.64. The number of carbonyl (C=O) groups excluding carboxylic acids is 1. The van der Waals surface area contributed by atoms with Gasteiger partial charge in [-0.1, -0.05) is 6.58 Å². The van der Waals surface area contributed by atoms with Crippen LogP contribution in [-0.2, 0) is 9.53 Å². The molecule has 0 aromatic carbocycles. The van der Waals surface area contributed by atoms with Crippen molar-refractivity contribution in [2.45, 2.75) is 13.0 Å². The molecule has 3 heteroatoms. The lowest BCUT2D eigenvalue weighted by Gasteiger charge is -2.06. The van der Waals surface area contributed by atoms with Crippen molar-refractivity contribution in [2.24, 2.45) is 0 Å². The molecule has 0 N–H and O–H groups in total. The van der Waals surface area contributed by atoms with E-state index >= 15 is 0 Å². The van der Waals surface area contributed by atoms with Gasteiger partial charge in [0.1, 0.15) is 6.10 Å². The van der Waals surface area contributed by atoms with E-state index in [1.54, 1.807) is 6.92 Å². The van der Waals surface area contributed by atoms with Crippen LogP contribution in [0.4, 0.5) is 0 Å². The molecule has 0 aromatic rings. The van der Waals surface area contributed by atoms with Gasteiger partial charge in [-0.25, -0.2) is 4.79 Å². The molecule has 0 radical (unpaired) electrons. The molecular weight excluding hydrogens is 136 g/mol. The Hall–Kier alpha value is -0.440. The van der Waals surface area contributed by atoms with Crippen molar-refractivity contribution in [1.29, 1.82) is 0 Å². The second-order valence-electron chi connectivity index (χ2n) is 1.63. The van der Waals surface area contributed by atoms with E-state index in [1.807, 2.05) is 0 Å². The maximum absolute atomic E-state index is 10.4. The Labute approximate surface area is 60.3 Å². The first kappa shape index (κ1) is 8.56. The number of hydrogen-bond donors (Lipinski definition) is 1. The molecule has 2 nitrogen and oxygen atoms in total. The average Bonchev–Trinajstić information content (AvgIpc) is 1.87. The van der Waals surface area contributed by atoms with Crippen molar-refractivity contribution in [1.82, 2.24) is 0 Å². The fourth-order valence-electron chi connectivity index (χ4n) is 0.284. The monoisotopic (exact) mass is 146 g/mol. The van der Waals surface area contributed by atoms with E-state index in [0.29, 0.717) is 5.75 Å². The Balaban J connectivity index is 3.46. The van der Waals surface area contributed by atoms with E-state index in [2.05, 4.69) is 19.2 Å². The number of thiol groups is 1. The third kappa shape index (κ3) is 4.09. The van der Waals surface area contributed by atoms with Gasteiger partial charge < -0.3 is 4.74 Å². The smallest absolute Gasteiger partial charge is 0.330 e. The van der Waals surface area contributed by atoms with Crippen molar-refractivity contribution in [3.63, 3.8) is 0 Å². The van der Waals surface area contributed by atoms with E-state index in [9.17, 15) is 4.79 Å². The molecule has 1 atom stereocenters. The van der Waals surface area contributed by atoms with E-state index in [4.69, 9.17) is 4.74 Å². The lowest BCUT2D eigenvalue weighted by atomic mass is 10.5. The van der Waals surface area contributed by atoms with Crippen LogP contribution in [0.25, 0.3) is 0 Å². The fourth-order valence-corrected chi connectivity index (χ4v) is 0.358. The van der Waals surface area contributed by atoms with Gasteiger partial charge in [0.25, 0.3) is 0 Å². The summed E-state index contributed by atoms with van der Waals surface area (Å²) in [5.74, 6) is 0.149. The Morgan fingerprint density at radius 1 is 2.00 bits per heavy atom. The summed E-state index contributed by atoms with van der Waals surface area (Å²) in [6.45, 7) is 5.02. The molecule has 0 bridgehead atoms. The molecule has 0 aliphatic heterocycles. The summed E-state index contributed by atoms with van der Waals surface area (Å²) < 4.78 is 4.72. The van der Waals surface area contributed by atoms with Gasteiger partial charge in [0, 0.05) is 11.8 Å². The third-order valence-electron chi connectivity index (χ3n) is 0.741. The van der Waals surface area contributed by atoms with Crippen LogP contribution < -0.4 is 0 Å². The molecule has 0 spiro atoms. The number of carbonyl (C=O) groups is 1. The Bertz CT molecular complexity index is 112.